The Morgan fingerprint density at radius 1 is 1.19 bits per heavy atom. The molecule has 0 aliphatic heterocycles. The van der Waals surface area contributed by atoms with Crippen molar-refractivity contribution in [2.24, 2.45) is 5.73 Å². The number of benzene rings is 1. The summed E-state index contributed by atoms with van der Waals surface area (Å²) in [5, 5.41) is 3.84. The van der Waals surface area contributed by atoms with E-state index in [1.165, 1.54) is 25.7 Å². The molecule has 2 N–H and O–H groups in total. The van der Waals surface area contributed by atoms with E-state index >= 15 is 0 Å². The number of hydrogen-bond acceptors (Lipinski definition) is 3. The second kappa shape index (κ2) is 6.37. The van der Waals surface area contributed by atoms with Gasteiger partial charge in [0.15, 0.2) is 0 Å². The molecule has 0 spiro atoms. The molecule has 0 radical (unpaired) electrons. The molecule has 0 saturated heterocycles. The van der Waals surface area contributed by atoms with Gasteiger partial charge in [0.1, 0.15) is 5.01 Å². The molecule has 1 heterocycles. The third-order valence-corrected chi connectivity index (χ3v) is 6.00. The van der Waals surface area contributed by atoms with Gasteiger partial charge in [0, 0.05) is 15.4 Å². The molecule has 2 aromatic rings. The summed E-state index contributed by atoms with van der Waals surface area (Å²) >= 11 is 11.4. The average Bonchev–Trinajstić information content (AvgIpc) is 2.83. The highest BCUT2D eigenvalue weighted by Crippen LogP contribution is 2.38. The van der Waals surface area contributed by atoms with Gasteiger partial charge < -0.3 is 5.73 Å². The van der Waals surface area contributed by atoms with E-state index in [2.05, 4.69) is 21.3 Å². The Bertz CT molecular complexity index is 633. The van der Waals surface area contributed by atoms with Gasteiger partial charge in [-0.2, -0.15) is 0 Å². The minimum atomic E-state index is -0.249. The van der Waals surface area contributed by atoms with Crippen molar-refractivity contribution in [2.45, 2.75) is 44.1 Å². The zero-order chi connectivity index (χ0) is 14.9. The minimum Gasteiger partial charge on any atom is -0.319 e. The van der Waals surface area contributed by atoms with Crippen LogP contribution in [0, 0.1) is 0 Å². The van der Waals surface area contributed by atoms with Crippen LogP contribution in [0.1, 0.15) is 43.5 Å². The van der Waals surface area contributed by atoms with Crippen LogP contribution in [0.25, 0.3) is 11.3 Å². The second-order valence-corrected chi connectivity index (χ2v) is 7.91. The van der Waals surface area contributed by atoms with Crippen molar-refractivity contribution < 1.29 is 0 Å². The lowest BCUT2D eigenvalue weighted by molar-refractivity contribution is 0.384. The van der Waals surface area contributed by atoms with Crippen LogP contribution in [-0.4, -0.2) is 4.98 Å². The van der Waals surface area contributed by atoms with Crippen molar-refractivity contribution in [2.75, 3.05) is 0 Å². The largest absolute Gasteiger partial charge is 0.319 e. The summed E-state index contributed by atoms with van der Waals surface area (Å²) in [7, 11) is 0. The molecule has 1 aliphatic carbocycles. The first-order chi connectivity index (χ1) is 10.1. The van der Waals surface area contributed by atoms with Gasteiger partial charge in [-0.25, -0.2) is 4.98 Å². The number of rotatable bonds is 2. The van der Waals surface area contributed by atoms with E-state index in [-0.39, 0.29) is 5.54 Å². The summed E-state index contributed by atoms with van der Waals surface area (Å²) in [5.41, 5.74) is 8.30. The van der Waals surface area contributed by atoms with Crippen molar-refractivity contribution in [1.29, 1.82) is 0 Å². The zero-order valence-electron chi connectivity index (χ0n) is 11.7. The Hall–Kier alpha value is -0.420. The molecule has 0 bridgehead atoms. The third kappa shape index (κ3) is 3.34. The van der Waals surface area contributed by atoms with Gasteiger partial charge in [-0.05, 0) is 25.0 Å². The average molecular weight is 386 g/mol. The van der Waals surface area contributed by atoms with E-state index in [1.807, 2.05) is 18.2 Å². The Balaban J connectivity index is 1.92. The summed E-state index contributed by atoms with van der Waals surface area (Å²) < 4.78 is 0.978. The van der Waals surface area contributed by atoms with Crippen molar-refractivity contribution in [3.05, 3.63) is 38.1 Å². The van der Waals surface area contributed by atoms with Crippen LogP contribution in [0.3, 0.4) is 0 Å². The number of hydrogen-bond donors (Lipinski definition) is 1. The Kier molecular flexibility index (Phi) is 4.69. The monoisotopic (exact) mass is 384 g/mol. The number of halogens is 2. The van der Waals surface area contributed by atoms with Crippen LogP contribution in [-0.2, 0) is 5.54 Å². The van der Waals surface area contributed by atoms with Gasteiger partial charge in [0.25, 0.3) is 0 Å². The van der Waals surface area contributed by atoms with E-state index in [0.29, 0.717) is 5.02 Å². The van der Waals surface area contributed by atoms with Crippen molar-refractivity contribution >= 4 is 38.9 Å². The smallest absolute Gasteiger partial charge is 0.113 e. The van der Waals surface area contributed by atoms with E-state index in [9.17, 15) is 0 Å². The highest BCUT2D eigenvalue weighted by Gasteiger charge is 2.31. The summed E-state index contributed by atoms with van der Waals surface area (Å²) in [4.78, 5) is 4.80. The van der Waals surface area contributed by atoms with Crippen molar-refractivity contribution in [3.63, 3.8) is 0 Å². The predicted molar refractivity (Wildman–Crippen MR) is 93.8 cm³/mol. The predicted octanol–water partition coefficient (Wildman–Crippen LogP) is 5.73. The van der Waals surface area contributed by atoms with Gasteiger partial charge in [0.05, 0.1) is 16.3 Å². The summed E-state index contributed by atoms with van der Waals surface area (Å²) in [6, 6.07) is 5.89. The lowest BCUT2D eigenvalue weighted by Crippen LogP contribution is -2.35. The first kappa shape index (κ1) is 15.5. The molecule has 0 atom stereocenters. The summed E-state index contributed by atoms with van der Waals surface area (Å²) in [6.45, 7) is 0. The molecular formula is C16H18BrClN2S. The Labute approximate surface area is 142 Å². The maximum absolute atomic E-state index is 6.64. The highest BCUT2D eigenvalue weighted by atomic mass is 79.9. The zero-order valence-corrected chi connectivity index (χ0v) is 14.9. The van der Waals surface area contributed by atoms with Crippen LogP contribution in [0.15, 0.2) is 28.1 Å². The first-order valence-corrected chi connectivity index (χ1v) is 9.34. The number of nitrogens with zero attached hydrogens (tertiary/aromatic N) is 1. The molecule has 2 nitrogen and oxygen atoms in total. The Morgan fingerprint density at radius 2 is 1.90 bits per heavy atom. The quantitative estimate of drug-likeness (QED) is 0.670. The van der Waals surface area contributed by atoms with E-state index in [0.717, 1.165) is 33.6 Å². The first-order valence-electron chi connectivity index (χ1n) is 7.29. The summed E-state index contributed by atoms with van der Waals surface area (Å²) in [5.74, 6) is 0. The van der Waals surface area contributed by atoms with Crippen LogP contribution in [0.4, 0.5) is 0 Å². The minimum absolute atomic E-state index is 0.249. The van der Waals surface area contributed by atoms with Crippen LogP contribution < -0.4 is 5.73 Å². The van der Waals surface area contributed by atoms with Gasteiger partial charge in [0.2, 0.25) is 0 Å². The van der Waals surface area contributed by atoms with E-state index in [4.69, 9.17) is 22.3 Å². The van der Waals surface area contributed by atoms with E-state index in [1.54, 1.807) is 11.3 Å². The molecule has 3 rings (SSSR count). The number of thiazole rings is 1. The topological polar surface area (TPSA) is 38.9 Å². The van der Waals surface area contributed by atoms with E-state index < -0.39 is 0 Å². The maximum atomic E-state index is 6.64. The Morgan fingerprint density at radius 3 is 2.57 bits per heavy atom. The van der Waals surface area contributed by atoms with Crippen LogP contribution in [0.2, 0.25) is 5.02 Å². The molecule has 1 aromatic carbocycles. The molecule has 0 unspecified atom stereocenters. The lowest BCUT2D eigenvalue weighted by Gasteiger charge is -2.25. The maximum Gasteiger partial charge on any atom is 0.113 e. The van der Waals surface area contributed by atoms with Gasteiger partial charge in [-0.1, -0.05) is 59.3 Å². The molecule has 1 saturated carbocycles. The van der Waals surface area contributed by atoms with Crippen molar-refractivity contribution in [1.82, 2.24) is 4.98 Å². The highest BCUT2D eigenvalue weighted by molar-refractivity contribution is 9.10. The third-order valence-electron chi connectivity index (χ3n) is 4.13. The fourth-order valence-corrected chi connectivity index (χ4v) is 4.66. The fraction of sp³-hybridized carbons (Fsp3) is 0.438. The molecule has 1 aliphatic rings. The second-order valence-electron chi connectivity index (χ2n) is 5.73. The lowest BCUT2D eigenvalue weighted by atomic mass is 9.92. The molecule has 1 fully saturated rings. The number of aromatic nitrogens is 1. The molecule has 112 valence electrons. The van der Waals surface area contributed by atoms with Gasteiger partial charge >= 0.3 is 0 Å². The molecule has 0 amide bonds. The molecule has 1 aromatic heterocycles. The van der Waals surface area contributed by atoms with Crippen molar-refractivity contribution in [3.8, 4) is 11.3 Å². The van der Waals surface area contributed by atoms with Gasteiger partial charge in [-0.3, -0.25) is 0 Å². The van der Waals surface area contributed by atoms with Gasteiger partial charge in [-0.15, -0.1) is 11.3 Å². The van der Waals surface area contributed by atoms with Crippen LogP contribution in [0.5, 0.6) is 0 Å². The molecule has 21 heavy (non-hydrogen) atoms. The summed E-state index contributed by atoms with van der Waals surface area (Å²) in [6.07, 6.45) is 7.04. The molecule has 5 heteroatoms. The number of nitrogens with two attached hydrogens (primary N) is 1. The van der Waals surface area contributed by atoms with Crippen LogP contribution >= 0.6 is 38.9 Å². The fourth-order valence-electron chi connectivity index (χ4n) is 2.90. The molecular weight excluding hydrogens is 368 g/mol. The standard InChI is InChI=1S/C16H18BrClN2S/c17-11-5-6-12(13(18)9-11)14-10-21-15(20-14)16(19)7-3-1-2-4-8-16/h5-6,9-10H,1-4,7-8,19H2. The SMILES string of the molecule is NC1(c2nc(-c3ccc(Br)cc3Cl)cs2)CCCCCC1. The normalized spacial score (nSPS) is 18.4.